The van der Waals surface area contributed by atoms with Gasteiger partial charge in [-0.1, -0.05) is 23.7 Å². The quantitative estimate of drug-likeness (QED) is 0.605. The number of carbonyl (C=O) groups is 1. The monoisotopic (exact) mass is 429 g/mol. The molecule has 0 spiro atoms. The Kier molecular flexibility index (Phi) is 6.33. The van der Waals surface area contributed by atoms with Crippen LogP contribution in [0.25, 0.3) is 11.5 Å². The van der Waals surface area contributed by atoms with Gasteiger partial charge in [-0.2, -0.15) is 0 Å². The molecule has 1 saturated heterocycles. The summed E-state index contributed by atoms with van der Waals surface area (Å²) in [6.45, 7) is 4.94. The van der Waals surface area contributed by atoms with Gasteiger partial charge >= 0.3 is 0 Å². The lowest BCUT2D eigenvalue weighted by Gasteiger charge is -2.31. The van der Waals surface area contributed by atoms with Crippen LogP contribution in [-0.4, -0.2) is 28.9 Å². The maximum Gasteiger partial charge on any atom is 0.226 e. The molecule has 0 saturated carbocycles. The minimum Gasteiger partial charge on any atom is -0.441 e. The molecule has 3 aromatic rings. The number of nitrogens with zero attached hydrogens (tertiary/aromatic N) is 2. The smallest absolute Gasteiger partial charge is 0.226 e. The molecule has 7 heteroatoms. The van der Waals surface area contributed by atoms with E-state index in [9.17, 15) is 4.79 Å². The molecular formula is C22H24ClN3O2S. The van der Waals surface area contributed by atoms with E-state index in [1.165, 1.54) is 4.88 Å². The van der Waals surface area contributed by atoms with Crippen LogP contribution in [0, 0.1) is 12.8 Å². The average molecular weight is 430 g/mol. The van der Waals surface area contributed by atoms with Gasteiger partial charge in [0.2, 0.25) is 11.8 Å². The second kappa shape index (κ2) is 9.11. The first kappa shape index (κ1) is 20.1. The first-order valence-electron chi connectivity index (χ1n) is 9.83. The summed E-state index contributed by atoms with van der Waals surface area (Å²) in [6.07, 6.45) is 1.94. The average Bonchev–Trinajstić information content (AvgIpc) is 3.36. The van der Waals surface area contributed by atoms with Gasteiger partial charge in [-0.15, -0.1) is 11.3 Å². The van der Waals surface area contributed by atoms with Crippen molar-refractivity contribution in [3.05, 3.63) is 63.1 Å². The molecular weight excluding hydrogens is 406 g/mol. The van der Waals surface area contributed by atoms with Crippen molar-refractivity contribution >= 4 is 28.8 Å². The summed E-state index contributed by atoms with van der Waals surface area (Å²) in [5.74, 6) is 1.55. The van der Waals surface area contributed by atoms with Crippen LogP contribution in [0.1, 0.15) is 29.2 Å². The van der Waals surface area contributed by atoms with Crippen molar-refractivity contribution in [3.8, 4) is 11.5 Å². The van der Waals surface area contributed by atoms with Crippen LogP contribution < -0.4 is 5.32 Å². The number of likely N-dealkylation sites (tertiary alicyclic amines) is 1. The molecule has 1 aromatic carbocycles. The number of halogens is 1. The fourth-order valence-corrected chi connectivity index (χ4v) is 4.51. The number of benzene rings is 1. The summed E-state index contributed by atoms with van der Waals surface area (Å²) in [5, 5.41) is 5.77. The summed E-state index contributed by atoms with van der Waals surface area (Å²) in [6, 6.07) is 11.6. The van der Waals surface area contributed by atoms with Crippen LogP contribution in [-0.2, 0) is 17.9 Å². The van der Waals surface area contributed by atoms with Crippen molar-refractivity contribution in [1.82, 2.24) is 15.2 Å². The Hall–Kier alpha value is -2.15. The van der Waals surface area contributed by atoms with Gasteiger partial charge in [0.1, 0.15) is 5.76 Å². The van der Waals surface area contributed by atoms with Gasteiger partial charge in [0.05, 0.1) is 18.2 Å². The number of hydrogen-bond donors (Lipinski definition) is 1. The molecule has 1 aliphatic rings. The van der Waals surface area contributed by atoms with Gasteiger partial charge in [0.25, 0.3) is 0 Å². The molecule has 29 heavy (non-hydrogen) atoms. The van der Waals surface area contributed by atoms with Crippen molar-refractivity contribution in [2.24, 2.45) is 5.92 Å². The Morgan fingerprint density at radius 3 is 3.07 bits per heavy atom. The summed E-state index contributed by atoms with van der Waals surface area (Å²) < 4.78 is 5.88. The Balaban J connectivity index is 1.37. The van der Waals surface area contributed by atoms with E-state index in [0.717, 1.165) is 42.9 Å². The second-order valence-corrected chi connectivity index (χ2v) is 8.87. The van der Waals surface area contributed by atoms with Crippen LogP contribution in [0.4, 0.5) is 0 Å². The van der Waals surface area contributed by atoms with Gasteiger partial charge in [-0.25, -0.2) is 4.98 Å². The lowest BCUT2D eigenvalue weighted by atomic mass is 9.97. The number of rotatable bonds is 6. The molecule has 1 fully saturated rings. The maximum absolute atomic E-state index is 12.6. The largest absolute Gasteiger partial charge is 0.441 e. The van der Waals surface area contributed by atoms with E-state index in [4.69, 9.17) is 16.0 Å². The van der Waals surface area contributed by atoms with Crippen molar-refractivity contribution < 1.29 is 9.21 Å². The van der Waals surface area contributed by atoms with E-state index < -0.39 is 0 Å². The van der Waals surface area contributed by atoms with Crippen molar-refractivity contribution in [1.29, 1.82) is 0 Å². The SMILES string of the molecule is Cc1oc(-c2cccc(Cl)c2)nc1CN1CCCC(C(=O)NCc2cccs2)C1. The van der Waals surface area contributed by atoms with Gasteiger partial charge in [0, 0.05) is 28.6 Å². The highest BCUT2D eigenvalue weighted by Crippen LogP contribution is 2.26. The summed E-state index contributed by atoms with van der Waals surface area (Å²) in [7, 11) is 0. The van der Waals surface area contributed by atoms with E-state index in [2.05, 4.69) is 15.2 Å². The number of piperidine rings is 1. The predicted octanol–water partition coefficient (Wildman–Crippen LogP) is 4.89. The van der Waals surface area contributed by atoms with Crippen LogP contribution in [0.3, 0.4) is 0 Å². The lowest BCUT2D eigenvalue weighted by Crippen LogP contribution is -2.42. The number of thiophene rings is 1. The minimum absolute atomic E-state index is 0.0170. The molecule has 0 radical (unpaired) electrons. The third kappa shape index (κ3) is 5.07. The van der Waals surface area contributed by atoms with Crippen molar-refractivity contribution in [2.75, 3.05) is 13.1 Å². The third-order valence-corrected chi connectivity index (χ3v) is 6.34. The van der Waals surface area contributed by atoms with Crippen LogP contribution >= 0.6 is 22.9 Å². The Bertz CT molecular complexity index is 970. The molecule has 1 atom stereocenters. The minimum atomic E-state index is 0.0170. The zero-order chi connectivity index (χ0) is 20.2. The normalized spacial score (nSPS) is 17.4. The molecule has 3 heterocycles. The molecule has 5 nitrogen and oxygen atoms in total. The van der Waals surface area contributed by atoms with Crippen molar-refractivity contribution in [3.63, 3.8) is 0 Å². The topological polar surface area (TPSA) is 58.4 Å². The highest BCUT2D eigenvalue weighted by atomic mass is 35.5. The number of aromatic nitrogens is 1. The zero-order valence-electron chi connectivity index (χ0n) is 16.4. The van der Waals surface area contributed by atoms with Crippen LogP contribution in [0.2, 0.25) is 5.02 Å². The maximum atomic E-state index is 12.6. The third-order valence-electron chi connectivity index (χ3n) is 5.23. The highest BCUT2D eigenvalue weighted by molar-refractivity contribution is 7.09. The molecule has 1 amide bonds. The standard InChI is InChI=1S/C22H24ClN3O2S/c1-15-20(25-22(28-15)16-5-2-7-18(23)11-16)14-26-9-3-6-17(13-26)21(27)24-12-19-8-4-10-29-19/h2,4-5,7-8,10-11,17H,3,6,9,12-14H2,1H3,(H,24,27). The van der Waals surface area contributed by atoms with E-state index in [1.807, 2.05) is 48.7 Å². The molecule has 0 aliphatic carbocycles. The number of nitrogens with one attached hydrogen (secondary N) is 1. The Morgan fingerprint density at radius 1 is 1.38 bits per heavy atom. The first-order chi connectivity index (χ1) is 14.1. The molecule has 0 bridgehead atoms. The van der Waals surface area contributed by atoms with Gasteiger partial charge in [-0.3, -0.25) is 9.69 Å². The van der Waals surface area contributed by atoms with E-state index in [-0.39, 0.29) is 11.8 Å². The van der Waals surface area contributed by atoms with E-state index in [1.54, 1.807) is 11.3 Å². The molecule has 1 N–H and O–H groups in total. The summed E-state index contributed by atoms with van der Waals surface area (Å²) >= 11 is 7.75. The molecule has 4 rings (SSSR count). The fourth-order valence-electron chi connectivity index (χ4n) is 3.68. The Morgan fingerprint density at radius 2 is 2.28 bits per heavy atom. The predicted molar refractivity (Wildman–Crippen MR) is 116 cm³/mol. The van der Waals surface area contributed by atoms with Gasteiger partial charge in [0.15, 0.2) is 0 Å². The lowest BCUT2D eigenvalue weighted by molar-refractivity contribution is -0.126. The number of carbonyl (C=O) groups excluding carboxylic acids is 1. The number of oxazole rings is 1. The van der Waals surface area contributed by atoms with Gasteiger partial charge in [-0.05, 0) is 56.0 Å². The number of amides is 1. The van der Waals surface area contributed by atoms with E-state index in [0.29, 0.717) is 24.0 Å². The first-order valence-corrected chi connectivity index (χ1v) is 11.1. The highest BCUT2D eigenvalue weighted by Gasteiger charge is 2.27. The zero-order valence-corrected chi connectivity index (χ0v) is 17.9. The van der Waals surface area contributed by atoms with Crippen LogP contribution in [0.5, 0.6) is 0 Å². The summed E-state index contributed by atoms with van der Waals surface area (Å²) in [5.41, 5.74) is 1.79. The number of aryl methyl sites for hydroxylation is 1. The Labute approximate surface area is 179 Å². The van der Waals surface area contributed by atoms with Gasteiger partial charge < -0.3 is 9.73 Å². The molecule has 1 aliphatic heterocycles. The van der Waals surface area contributed by atoms with Crippen molar-refractivity contribution in [2.45, 2.75) is 32.9 Å². The van der Waals surface area contributed by atoms with Crippen LogP contribution in [0.15, 0.2) is 46.2 Å². The molecule has 1 unspecified atom stereocenters. The molecule has 2 aromatic heterocycles. The molecule has 152 valence electrons. The second-order valence-electron chi connectivity index (χ2n) is 7.40. The van der Waals surface area contributed by atoms with E-state index >= 15 is 0 Å². The fraction of sp³-hybridized carbons (Fsp3) is 0.364. The number of hydrogen-bond acceptors (Lipinski definition) is 5. The summed E-state index contributed by atoms with van der Waals surface area (Å²) in [4.78, 5) is 20.8.